The Bertz CT molecular complexity index is 213. The van der Waals surface area contributed by atoms with Gasteiger partial charge in [-0.1, -0.05) is 0 Å². The van der Waals surface area contributed by atoms with Crippen LogP contribution >= 0.6 is 0 Å². The molecule has 2 unspecified atom stereocenters. The standard InChI is InChI=1S/C10H17NO2/c1-7-4-8(5-10(12)13)6-11(7)9-2-3-9/h7-9H,2-6H2,1H3,(H,12,13). The molecule has 0 amide bonds. The van der Waals surface area contributed by atoms with Crippen molar-refractivity contribution in [3.8, 4) is 0 Å². The van der Waals surface area contributed by atoms with Crippen LogP contribution in [0.5, 0.6) is 0 Å². The lowest BCUT2D eigenvalue weighted by Crippen LogP contribution is -2.29. The predicted molar refractivity (Wildman–Crippen MR) is 49.5 cm³/mol. The SMILES string of the molecule is CC1CC(CC(=O)O)CN1C1CC1. The average Bonchev–Trinajstić information content (AvgIpc) is 2.77. The van der Waals surface area contributed by atoms with Crippen molar-refractivity contribution in [3.63, 3.8) is 0 Å². The van der Waals surface area contributed by atoms with E-state index in [4.69, 9.17) is 5.11 Å². The minimum absolute atomic E-state index is 0.355. The Balaban J connectivity index is 1.86. The Hall–Kier alpha value is -0.570. The topological polar surface area (TPSA) is 40.5 Å². The molecule has 1 N–H and O–H groups in total. The fourth-order valence-electron chi connectivity index (χ4n) is 2.48. The van der Waals surface area contributed by atoms with Crippen molar-refractivity contribution in [2.75, 3.05) is 6.54 Å². The van der Waals surface area contributed by atoms with Crippen LogP contribution in [0.15, 0.2) is 0 Å². The number of aliphatic carboxylic acids is 1. The first-order valence-electron chi connectivity index (χ1n) is 5.14. The van der Waals surface area contributed by atoms with Gasteiger partial charge < -0.3 is 5.11 Å². The third-order valence-corrected chi connectivity index (χ3v) is 3.19. The van der Waals surface area contributed by atoms with Crippen LogP contribution in [0.25, 0.3) is 0 Å². The zero-order chi connectivity index (χ0) is 9.42. The summed E-state index contributed by atoms with van der Waals surface area (Å²) < 4.78 is 0. The Labute approximate surface area is 78.7 Å². The van der Waals surface area contributed by atoms with E-state index in [1.807, 2.05) is 0 Å². The molecule has 1 heterocycles. The summed E-state index contributed by atoms with van der Waals surface area (Å²) in [5, 5.41) is 8.68. The highest BCUT2D eigenvalue weighted by molar-refractivity contribution is 5.67. The van der Waals surface area contributed by atoms with Crippen molar-refractivity contribution in [1.29, 1.82) is 0 Å². The number of hydrogen-bond acceptors (Lipinski definition) is 2. The lowest BCUT2D eigenvalue weighted by atomic mass is 10.0. The second kappa shape index (κ2) is 3.29. The first-order chi connectivity index (χ1) is 6.16. The van der Waals surface area contributed by atoms with Crippen molar-refractivity contribution in [1.82, 2.24) is 4.90 Å². The van der Waals surface area contributed by atoms with Gasteiger partial charge in [-0.05, 0) is 32.1 Å². The van der Waals surface area contributed by atoms with Crippen molar-refractivity contribution in [2.24, 2.45) is 5.92 Å². The molecule has 2 aliphatic rings. The molecule has 0 spiro atoms. The van der Waals surface area contributed by atoms with E-state index < -0.39 is 5.97 Å². The monoisotopic (exact) mass is 183 g/mol. The van der Waals surface area contributed by atoms with E-state index in [1.165, 1.54) is 12.8 Å². The molecule has 1 saturated carbocycles. The van der Waals surface area contributed by atoms with Gasteiger partial charge in [-0.3, -0.25) is 9.69 Å². The lowest BCUT2D eigenvalue weighted by Gasteiger charge is -2.19. The van der Waals surface area contributed by atoms with Gasteiger partial charge in [0.25, 0.3) is 0 Å². The fourth-order valence-corrected chi connectivity index (χ4v) is 2.48. The van der Waals surface area contributed by atoms with Crippen LogP contribution in [0, 0.1) is 5.92 Å². The van der Waals surface area contributed by atoms with Gasteiger partial charge in [-0.2, -0.15) is 0 Å². The van der Waals surface area contributed by atoms with Crippen molar-refractivity contribution >= 4 is 5.97 Å². The third kappa shape index (κ3) is 2.02. The first-order valence-corrected chi connectivity index (χ1v) is 5.14. The van der Waals surface area contributed by atoms with Gasteiger partial charge in [0.05, 0.1) is 0 Å². The number of carboxylic acids is 1. The van der Waals surface area contributed by atoms with E-state index >= 15 is 0 Å². The number of rotatable bonds is 3. The maximum absolute atomic E-state index is 10.5. The summed E-state index contributed by atoms with van der Waals surface area (Å²) in [7, 11) is 0. The minimum atomic E-state index is -0.644. The Morgan fingerprint density at radius 2 is 2.23 bits per heavy atom. The molecule has 1 saturated heterocycles. The second-order valence-electron chi connectivity index (χ2n) is 4.48. The van der Waals surface area contributed by atoms with E-state index in [0.717, 1.165) is 19.0 Å². The molecule has 0 aromatic rings. The van der Waals surface area contributed by atoms with Crippen LogP contribution in [-0.4, -0.2) is 34.6 Å². The smallest absolute Gasteiger partial charge is 0.303 e. The van der Waals surface area contributed by atoms with Crippen molar-refractivity contribution in [2.45, 2.75) is 44.7 Å². The highest BCUT2D eigenvalue weighted by atomic mass is 16.4. The summed E-state index contributed by atoms with van der Waals surface area (Å²) in [5.74, 6) is -0.247. The predicted octanol–water partition coefficient (Wildman–Crippen LogP) is 1.33. The van der Waals surface area contributed by atoms with Gasteiger partial charge in [0.1, 0.15) is 0 Å². The molecular weight excluding hydrogens is 166 g/mol. The normalized spacial score (nSPS) is 35.2. The largest absolute Gasteiger partial charge is 0.481 e. The molecule has 0 aromatic heterocycles. The number of carbonyl (C=O) groups is 1. The first kappa shape index (κ1) is 9.00. The van der Waals surface area contributed by atoms with E-state index in [1.54, 1.807) is 0 Å². The zero-order valence-corrected chi connectivity index (χ0v) is 8.07. The molecule has 1 aliphatic carbocycles. The van der Waals surface area contributed by atoms with E-state index in [-0.39, 0.29) is 0 Å². The quantitative estimate of drug-likeness (QED) is 0.717. The number of carboxylic acid groups (broad SMARTS) is 1. The highest BCUT2D eigenvalue weighted by Crippen LogP contribution is 2.36. The van der Waals surface area contributed by atoms with Crippen molar-refractivity contribution in [3.05, 3.63) is 0 Å². The number of hydrogen-bond donors (Lipinski definition) is 1. The van der Waals surface area contributed by atoms with Gasteiger partial charge in [-0.25, -0.2) is 0 Å². The van der Waals surface area contributed by atoms with Crippen LogP contribution in [-0.2, 0) is 4.79 Å². The fraction of sp³-hybridized carbons (Fsp3) is 0.900. The van der Waals surface area contributed by atoms with Crippen LogP contribution < -0.4 is 0 Å². The molecular formula is C10H17NO2. The molecule has 1 aliphatic heterocycles. The number of nitrogens with zero attached hydrogens (tertiary/aromatic N) is 1. The zero-order valence-electron chi connectivity index (χ0n) is 8.07. The maximum Gasteiger partial charge on any atom is 0.303 e. The Kier molecular flexibility index (Phi) is 2.28. The summed E-state index contributed by atoms with van der Waals surface area (Å²) in [6.07, 6.45) is 4.07. The van der Waals surface area contributed by atoms with Gasteiger partial charge >= 0.3 is 5.97 Å². The van der Waals surface area contributed by atoms with Crippen molar-refractivity contribution < 1.29 is 9.90 Å². The summed E-state index contributed by atoms with van der Waals surface area (Å²) in [6.45, 7) is 3.23. The van der Waals surface area contributed by atoms with Gasteiger partial charge in [0.15, 0.2) is 0 Å². The summed E-state index contributed by atoms with van der Waals surface area (Å²) in [6, 6.07) is 1.39. The highest BCUT2D eigenvalue weighted by Gasteiger charge is 2.39. The molecule has 13 heavy (non-hydrogen) atoms. The minimum Gasteiger partial charge on any atom is -0.481 e. The van der Waals surface area contributed by atoms with E-state index in [2.05, 4.69) is 11.8 Å². The average molecular weight is 183 g/mol. The van der Waals surface area contributed by atoms with E-state index in [9.17, 15) is 4.79 Å². The van der Waals surface area contributed by atoms with Crippen LogP contribution in [0.4, 0.5) is 0 Å². The molecule has 0 bridgehead atoms. The Morgan fingerprint density at radius 1 is 1.54 bits per heavy atom. The molecule has 2 fully saturated rings. The van der Waals surface area contributed by atoms with Crippen LogP contribution in [0.1, 0.15) is 32.6 Å². The molecule has 3 heteroatoms. The summed E-state index contributed by atoms with van der Waals surface area (Å²) in [5.41, 5.74) is 0. The van der Waals surface area contributed by atoms with Crippen LogP contribution in [0.3, 0.4) is 0 Å². The molecule has 2 rings (SSSR count). The summed E-state index contributed by atoms with van der Waals surface area (Å²) >= 11 is 0. The van der Waals surface area contributed by atoms with E-state index in [0.29, 0.717) is 18.4 Å². The van der Waals surface area contributed by atoms with Gasteiger partial charge in [-0.15, -0.1) is 0 Å². The second-order valence-corrected chi connectivity index (χ2v) is 4.48. The van der Waals surface area contributed by atoms with Gasteiger partial charge in [0.2, 0.25) is 0 Å². The molecule has 0 radical (unpaired) electrons. The lowest BCUT2D eigenvalue weighted by molar-refractivity contribution is -0.138. The molecule has 2 atom stereocenters. The maximum atomic E-state index is 10.5. The van der Waals surface area contributed by atoms with Crippen LogP contribution in [0.2, 0.25) is 0 Å². The molecule has 0 aromatic carbocycles. The van der Waals surface area contributed by atoms with Gasteiger partial charge in [0, 0.05) is 25.0 Å². The summed E-state index contributed by atoms with van der Waals surface area (Å²) in [4.78, 5) is 13.0. The third-order valence-electron chi connectivity index (χ3n) is 3.19. The number of likely N-dealkylation sites (tertiary alicyclic amines) is 1. The molecule has 74 valence electrons. The Morgan fingerprint density at radius 3 is 2.77 bits per heavy atom. The molecule has 3 nitrogen and oxygen atoms in total.